The Morgan fingerprint density at radius 2 is 1.90 bits per heavy atom. The minimum atomic E-state index is -4.32. The van der Waals surface area contributed by atoms with Crippen molar-refractivity contribution >= 4 is 11.6 Å². The smallest absolute Gasteiger partial charge is 0.326 e. The highest BCUT2D eigenvalue weighted by molar-refractivity contribution is 6.30. The van der Waals surface area contributed by atoms with Crippen LogP contribution in [0.5, 0.6) is 0 Å². The van der Waals surface area contributed by atoms with E-state index in [-0.39, 0.29) is 0 Å². The molecule has 1 aliphatic rings. The highest BCUT2D eigenvalue weighted by Crippen LogP contribution is 2.34. The second-order valence-electron chi connectivity index (χ2n) is 5.50. The second kappa shape index (κ2) is 5.05. The van der Waals surface area contributed by atoms with Crippen LogP contribution in [0.3, 0.4) is 0 Å². The Balaban J connectivity index is 2.01. The van der Waals surface area contributed by atoms with Gasteiger partial charge in [-0.2, -0.15) is 13.2 Å². The molecule has 1 aromatic heterocycles. The number of hydrogen-bond donors (Lipinski definition) is 0. The van der Waals surface area contributed by atoms with Gasteiger partial charge >= 0.3 is 6.18 Å². The maximum atomic E-state index is 12.6. The molecule has 0 radical (unpaired) electrons. The summed E-state index contributed by atoms with van der Waals surface area (Å²) in [6, 6.07) is 5.07. The number of nitrogens with zero attached hydrogens (tertiary/aromatic N) is 2. The summed E-state index contributed by atoms with van der Waals surface area (Å²) in [5.41, 5.74) is 0.978. The molecule has 0 fully saturated rings. The zero-order chi connectivity index (χ0) is 15.2. The number of alkyl halides is 3. The van der Waals surface area contributed by atoms with Crippen LogP contribution in [-0.4, -0.2) is 9.55 Å². The maximum absolute atomic E-state index is 12.6. The van der Waals surface area contributed by atoms with Crippen LogP contribution in [0.15, 0.2) is 24.3 Å². The highest BCUT2D eigenvalue weighted by atomic mass is 35.5. The van der Waals surface area contributed by atoms with Crippen molar-refractivity contribution < 1.29 is 13.2 Å². The molecule has 0 bridgehead atoms. The number of hydrogen-bond acceptors (Lipinski definition) is 1. The van der Waals surface area contributed by atoms with Crippen molar-refractivity contribution in [2.75, 3.05) is 0 Å². The normalized spacial score (nSPS) is 18.6. The van der Waals surface area contributed by atoms with E-state index in [4.69, 9.17) is 11.6 Å². The van der Waals surface area contributed by atoms with E-state index < -0.39 is 11.7 Å². The Kier molecular flexibility index (Phi) is 3.48. The first-order valence-electron chi connectivity index (χ1n) is 6.79. The lowest BCUT2D eigenvalue weighted by Crippen LogP contribution is -2.18. The van der Waals surface area contributed by atoms with E-state index in [9.17, 15) is 13.2 Å². The summed E-state index contributed by atoms with van der Waals surface area (Å²) in [5, 5.41) is 0.455. The van der Waals surface area contributed by atoms with Gasteiger partial charge in [-0.3, -0.25) is 0 Å². The fourth-order valence-electron chi connectivity index (χ4n) is 2.71. The summed E-state index contributed by atoms with van der Waals surface area (Å²) in [4.78, 5) is 4.34. The van der Waals surface area contributed by atoms with Crippen molar-refractivity contribution in [3.8, 4) is 11.4 Å². The molecule has 1 aromatic carbocycles. The predicted octanol–water partition coefficient (Wildman–Crippen LogP) is 4.80. The molecule has 21 heavy (non-hydrogen) atoms. The van der Waals surface area contributed by atoms with Crippen molar-refractivity contribution in [1.29, 1.82) is 0 Å². The van der Waals surface area contributed by atoms with Gasteiger partial charge in [0, 0.05) is 12.1 Å². The van der Waals surface area contributed by atoms with E-state index in [1.807, 2.05) is 4.57 Å². The molecule has 0 N–H and O–H groups in total. The van der Waals surface area contributed by atoms with Gasteiger partial charge in [0.15, 0.2) is 5.15 Å². The predicted molar refractivity (Wildman–Crippen MR) is 75.2 cm³/mol. The van der Waals surface area contributed by atoms with Crippen LogP contribution in [0.1, 0.15) is 24.6 Å². The van der Waals surface area contributed by atoms with Gasteiger partial charge in [0.05, 0.1) is 11.3 Å². The molecule has 6 heteroatoms. The van der Waals surface area contributed by atoms with Gasteiger partial charge in [0.1, 0.15) is 5.82 Å². The molecule has 3 rings (SSSR count). The van der Waals surface area contributed by atoms with Crippen LogP contribution < -0.4 is 0 Å². The first kappa shape index (κ1) is 14.4. The van der Waals surface area contributed by atoms with E-state index in [1.54, 1.807) is 0 Å². The van der Waals surface area contributed by atoms with Crippen molar-refractivity contribution in [2.24, 2.45) is 5.92 Å². The quantitative estimate of drug-likeness (QED) is 0.739. The maximum Gasteiger partial charge on any atom is 0.416 e. The van der Waals surface area contributed by atoms with Crippen LogP contribution in [0.4, 0.5) is 13.2 Å². The SMILES string of the molecule is CC1CCc2c(Cl)nc(-c3ccc(C(F)(F)F)cc3)n2C1. The van der Waals surface area contributed by atoms with E-state index in [0.717, 1.165) is 37.2 Å². The second-order valence-corrected chi connectivity index (χ2v) is 5.86. The van der Waals surface area contributed by atoms with E-state index in [0.29, 0.717) is 22.5 Å². The minimum absolute atomic E-state index is 0.455. The van der Waals surface area contributed by atoms with Gasteiger partial charge in [-0.15, -0.1) is 0 Å². The first-order valence-corrected chi connectivity index (χ1v) is 7.16. The van der Waals surface area contributed by atoms with Gasteiger partial charge in [0.25, 0.3) is 0 Å². The largest absolute Gasteiger partial charge is 0.416 e. The molecule has 1 atom stereocenters. The molecule has 2 heterocycles. The Hall–Kier alpha value is -1.49. The van der Waals surface area contributed by atoms with Crippen LogP contribution in [0.25, 0.3) is 11.4 Å². The molecular formula is C15H14ClF3N2. The fourth-order valence-corrected chi connectivity index (χ4v) is 2.98. The van der Waals surface area contributed by atoms with Crippen LogP contribution in [0.2, 0.25) is 5.15 Å². The lowest BCUT2D eigenvalue weighted by Gasteiger charge is -2.22. The first-order chi connectivity index (χ1) is 9.86. The monoisotopic (exact) mass is 314 g/mol. The van der Waals surface area contributed by atoms with Crippen LogP contribution >= 0.6 is 11.6 Å². The zero-order valence-corrected chi connectivity index (χ0v) is 12.2. The molecule has 2 nitrogen and oxygen atoms in total. The Morgan fingerprint density at radius 3 is 2.52 bits per heavy atom. The number of imidazole rings is 1. The minimum Gasteiger partial charge on any atom is -0.326 e. The van der Waals surface area contributed by atoms with E-state index >= 15 is 0 Å². The molecule has 0 amide bonds. The van der Waals surface area contributed by atoms with Gasteiger partial charge in [-0.1, -0.05) is 30.7 Å². The molecule has 1 unspecified atom stereocenters. The molecule has 0 saturated heterocycles. The molecule has 0 spiro atoms. The van der Waals surface area contributed by atoms with Crippen LogP contribution in [0, 0.1) is 5.92 Å². The summed E-state index contributed by atoms with van der Waals surface area (Å²) in [7, 11) is 0. The van der Waals surface area contributed by atoms with Crippen molar-refractivity contribution in [1.82, 2.24) is 9.55 Å². The third-order valence-corrected chi connectivity index (χ3v) is 4.16. The fraction of sp³-hybridized carbons (Fsp3) is 0.400. The topological polar surface area (TPSA) is 17.8 Å². The molecular weight excluding hydrogens is 301 g/mol. The lowest BCUT2D eigenvalue weighted by atomic mass is 10.00. The van der Waals surface area contributed by atoms with E-state index in [1.165, 1.54) is 12.1 Å². The molecule has 0 aliphatic carbocycles. The Morgan fingerprint density at radius 1 is 1.24 bits per heavy atom. The van der Waals surface area contributed by atoms with Crippen molar-refractivity contribution in [3.05, 3.63) is 40.7 Å². The molecule has 112 valence electrons. The van der Waals surface area contributed by atoms with Gasteiger partial charge in [0.2, 0.25) is 0 Å². The summed E-state index contributed by atoms with van der Waals surface area (Å²) < 4.78 is 39.9. The zero-order valence-electron chi connectivity index (χ0n) is 11.4. The number of fused-ring (bicyclic) bond motifs is 1. The third-order valence-electron chi connectivity index (χ3n) is 3.86. The third kappa shape index (κ3) is 2.67. The standard InChI is InChI=1S/C15H14ClF3N2/c1-9-2-7-12-13(16)20-14(21(12)8-9)10-3-5-11(6-4-10)15(17,18)19/h3-6,9H,2,7-8H2,1H3. The van der Waals surface area contributed by atoms with Gasteiger partial charge in [-0.05, 0) is 30.9 Å². The average molecular weight is 315 g/mol. The number of rotatable bonds is 1. The van der Waals surface area contributed by atoms with E-state index in [2.05, 4.69) is 11.9 Å². The summed E-state index contributed by atoms with van der Waals surface area (Å²) in [5.74, 6) is 1.16. The van der Waals surface area contributed by atoms with Crippen molar-refractivity contribution in [2.45, 2.75) is 32.5 Å². The number of aromatic nitrogens is 2. The van der Waals surface area contributed by atoms with Gasteiger partial charge in [-0.25, -0.2) is 4.98 Å². The Bertz CT molecular complexity index is 659. The van der Waals surface area contributed by atoms with Gasteiger partial charge < -0.3 is 4.57 Å². The average Bonchev–Trinajstić information content (AvgIpc) is 2.75. The number of halogens is 4. The van der Waals surface area contributed by atoms with Crippen LogP contribution in [-0.2, 0) is 19.1 Å². The highest BCUT2D eigenvalue weighted by Gasteiger charge is 2.30. The Labute approximate surface area is 125 Å². The lowest BCUT2D eigenvalue weighted by molar-refractivity contribution is -0.137. The summed E-state index contributed by atoms with van der Waals surface area (Å²) in [6.07, 6.45) is -2.41. The molecule has 2 aromatic rings. The summed E-state index contributed by atoms with van der Waals surface area (Å²) in [6.45, 7) is 2.94. The summed E-state index contributed by atoms with van der Waals surface area (Å²) >= 11 is 6.15. The number of benzene rings is 1. The molecule has 1 aliphatic heterocycles. The molecule has 0 saturated carbocycles. The van der Waals surface area contributed by atoms with Crippen molar-refractivity contribution in [3.63, 3.8) is 0 Å².